The SMILES string of the molecule is Cc1ccc(C(=O)NCc2cccc(F)c2)c(C2CCN(S(=O)(=O)c3ccccc3)CC2)n1. The van der Waals surface area contributed by atoms with Crippen LogP contribution >= 0.6 is 0 Å². The van der Waals surface area contributed by atoms with E-state index < -0.39 is 10.0 Å². The molecule has 0 radical (unpaired) electrons. The van der Waals surface area contributed by atoms with Crippen LogP contribution in [0.25, 0.3) is 0 Å². The maximum absolute atomic E-state index is 13.4. The fourth-order valence-corrected chi connectivity index (χ4v) is 5.61. The molecule has 2 aromatic carbocycles. The van der Waals surface area contributed by atoms with Crippen molar-refractivity contribution in [3.63, 3.8) is 0 Å². The van der Waals surface area contributed by atoms with E-state index in [1.807, 2.05) is 6.92 Å². The smallest absolute Gasteiger partial charge is 0.253 e. The average Bonchev–Trinajstić information content (AvgIpc) is 2.83. The lowest BCUT2D eigenvalue weighted by Gasteiger charge is -2.31. The van der Waals surface area contributed by atoms with Crippen molar-refractivity contribution in [1.82, 2.24) is 14.6 Å². The molecule has 4 rings (SSSR count). The lowest BCUT2D eigenvalue weighted by atomic mass is 9.90. The summed E-state index contributed by atoms with van der Waals surface area (Å²) in [7, 11) is -3.54. The fourth-order valence-electron chi connectivity index (χ4n) is 4.12. The van der Waals surface area contributed by atoms with Crippen molar-refractivity contribution in [2.24, 2.45) is 0 Å². The molecule has 0 atom stereocenters. The number of carbonyl (C=O) groups is 1. The molecular formula is C25H26FN3O3S. The van der Waals surface area contributed by atoms with E-state index >= 15 is 0 Å². The molecular weight excluding hydrogens is 441 g/mol. The van der Waals surface area contributed by atoms with Gasteiger partial charge in [0, 0.05) is 31.2 Å². The number of amides is 1. The van der Waals surface area contributed by atoms with Crippen LogP contribution < -0.4 is 5.32 Å². The minimum absolute atomic E-state index is 0.0259. The van der Waals surface area contributed by atoms with Gasteiger partial charge in [0.1, 0.15) is 5.82 Å². The van der Waals surface area contributed by atoms with Crippen molar-refractivity contribution in [3.05, 3.63) is 95.1 Å². The molecule has 1 N–H and O–H groups in total. The first-order chi connectivity index (χ1) is 15.8. The summed E-state index contributed by atoms with van der Waals surface area (Å²) in [5.74, 6) is -0.653. The van der Waals surface area contributed by atoms with E-state index in [9.17, 15) is 17.6 Å². The van der Waals surface area contributed by atoms with E-state index in [4.69, 9.17) is 0 Å². The first-order valence-corrected chi connectivity index (χ1v) is 12.3. The molecule has 1 aliphatic rings. The number of sulfonamides is 1. The normalized spacial score (nSPS) is 15.3. The molecule has 1 amide bonds. The van der Waals surface area contributed by atoms with Gasteiger partial charge in [-0.1, -0.05) is 30.3 Å². The van der Waals surface area contributed by atoms with Gasteiger partial charge in [-0.2, -0.15) is 4.31 Å². The van der Waals surface area contributed by atoms with Crippen LogP contribution in [0, 0.1) is 12.7 Å². The average molecular weight is 468 g/mol. The summed E-state index contributed by atoms with van der Waals surface area (Å²) in [6, 6.07) is 18.1. The lowest BCUT2D eigenvalue weighted by molar-refractivity contribution is 0.0948. The second-order valence-corrected chi connectivity index (χ2v) is 10.1. The molecule has 1 fully saturated rings. The summed E-state index contributed by atoms with van der Waals surface area (Å²) < 4.78 is 40.8. The number of hydrogen-bond donors (Lipinski definition) is 1. The van der Waals surface area contributed by atoms with Crippen molar-refractivity contribution >= 4 is 15.9 Å². The molecule has 1 aromatic heterocycles. The van der Waals surface area contributed by atoms with Crippen LogP contribution in [-0.2, 0) is 16.6 Å². The van der Waals surface area contributed by atoms with Crippen molar-refractivity contribution < 1.29 is 17.6 Å². The second-order valence-electron chi connectivity index (χ2n) is 8.19. The molecule has 1 saturated heterocycles. The monoisotopic (exact) mass is 467 g/mol. The third-order valence-electron chi connectivity index (χ3n) is 5.87. The highest BCUT2D eigenvalue weighted by atomic mass is 32.2. The molecule has 0 aliphatic carbocycles. The minimum atomic E-state index is -3.54. The highest BCUT2D eigenvalue weighted by Crippen LogP contribution is 2.32. The molecule has 0 bridgehead atoms. The Morgan fingerprint density at radius 3 is 2.48 bits per heavy atom. The largest absolute Gasteiger partial charge is 0.348 e. The summed E-state index contributed by atoms with van der Waals surface area (Å²) in [5, 5.41) is 2.84. The van der Waals surface area contributed by atoms with Gasteiger partial charge < -0.3 is 5.32 Å². The number of pyridine rings is 1. The molecule has 8 heteroatoms. The van der Waals surface area contributed by atoms with Crippen molar-refractivity contribution in [2.45, 2.75) is 37.1 Å². The van der Waals surface area contributed by atoms with E-state index in [-0.39, 0.29) is 29.1 Å². The van der Waals surface area contributed by atoms with Crippen LogP contribution in [0.15, 0.2) is 71.6 Å². The van der Waals surface area contributed by atoms with Gasteiger partial charge in [-0.3, -0.25) is 9.78 Å². The van der Waals surface area contributed by atoms with Crippen LogP contribution in [-0.4, -0.2) is 36.7 Å². The molecule has 6 nitrogen and oxygen atoms in total. The van der Waals surface area contributed by atoms with Gasteiger partial charge in [0.25, 0.3) is 5.91 Å². The molecule has 0 spiro atoms. The number of benzene rings is 2. The van der Waals surface area contributed by atoms with Crippen LogP contribution in [0.3, 0.4) is 0 Å². The lowest BCUT2D eigenvalue weighted by Crippen LogP contribution is -2.38. The summed E-state index contributed by atoms with van der Waals surface area (Å²) in [6.07, 6.45) is 1.15. The molecule has 1 aliphatic heterocycles. The number of rotatable bonds is 6. The first-order valence-electron chi connectivity index (χ1n) is 10.9. The molecule has 3 aromatic rings. The van der Waals surface area contributed by atoms with Gasteiger partial charge in [-0.05, 0) is 61.7 Å². The van der Waals surface area contributed by atoms with Crippen LogP contribution in [0.5, 0.6) is 0 Å². The third kappa shape index (κ3) is 5.29. The van der Waals surface area contributed by atoms with Crippen molar-refractivity contribution in [3.8, 4) is 0 Å². The number of aromatic nitrogens is 1. The Balaban J connectivity index is 1.47. The fraction of sp³-hybridized carbons (Fsp3) is 0.280. The standard InChI is InChI=1S/C25H26FN3O3S/c1-18-10-11-23(25(30)27-17-19-6-5-7-21(26)16-19)24(28-18)20-12-14-29(15-13-20)33(31,32)22-8-3-2-4-9-22/h2-11,16,20H,12-15,17H2,1H3,(H,27,30). The predicted molar refractivity (Wildman–Crippen MR) is 124 cm³/mol. The number of piperidine rings is 1. The van der Waals surface area contributed by atoms with E-state index in [0.717, 1.165) is 5.69 Å². The van der Waals surface area contributed by atoms with Crippen LogP contribution in [0.4, 0.5) is 4.39 Å². The van der Waals surface area contributed by atoms with E-state index in [0.29, 0.717) is 42.8 Å². The highest BCUT2D eigenvalue weighted by molar-refractivity contribution is 7.89. The van der Waals surface area contributed by atoms with Crippen LogP contribution in [0.1, 0.15) is 46.1 Å². The summed E-state index contributed by atoms with van der Waals surface area (Å²) in [4.78, 5) is 17.9. The zero-order valence-corrected chi connectivity index (χ0v) is 19.2. The Bertz CT molecular complexity index is 1240. The summed E-state index contributed by atoms with van der Waals surface area (Å²) >= 11 is 0. The highest BCUT2D eigenvalue weighted by Gasteiger charge is 2.32. The summed E-state index contributed by atoms with van der Waals surface area (Å²) in [6.45, 7) is 2.80. The van der Waals surface area contributed by atoms with Crippen molar-refractivity contribution in [1.29, 1.82) is 0 Å². The van der Waals surface area contributed by atoms with Gasteiger partial charge in [0.05, 0.1) is 16.2 Å². The number of carbonyl (C=O) groups excluding carboxylic acids is 1. The minimum Gasteiger partial charge on any atom is -0.348 e. The predicted octanol–water partition coefficient (Wildman–Crippen LogP) is 4.03. The summed E-state index contributed by atoms with van der Waals surface area (Å²) in [5.41, 5.74) is 2.63. The van der Waals surface area contributed by atoms with E-state index in [1.54, 1.807) is 54.6 Å². The molecule has 33 heavy (non-hydrogen) atoms. The van der Waals surface area contributed by atoms with Gasteiger partial charge in [0.15, 0.2) is 0 Å². The molecule has 0 saturated carbocycles. The van der Waals surface area contributed by atoms with E-state index in [1.165, 1.54) is 16.4 Å². The molecule has 2 heterocycles. The zero-order chi connectivity index (χ0) is 23.4. The maximum Gasteiger partial charge on any atom is 0.253 e. The van der Waals surface area contributed by atoms with Gasteiger partial charge in [0.2, 0.25) is 10.0 Å². The van der Waals surface area contributed by atoms with Crippen LogP contribution in [0.2, 0.25) is 0 Å². The number of hydrogen-bond acceptors (Lipinski definition) is 4. The second kappa shape index (κ2) is 9.80. The zero-order valence-electron chi connectivity index (χ0n) is 18.4. The Labute approximate surface area is 193 Å². The third-order valence-corrected chi connectivity index (χ3v) is 7.79. The Morgan fingerprint density at radius 1 is 1.06 bits per heavy atom. The topological polar surface area (TPSA) is 79.4 Å². The number of nitrogens with zero attached hydrogens (tertiary/aromatic N) is 2. The molecule has 172 valence electrons. The number of nitrogens with one attached hydrogen (secondary N) is 1. The molecule has 0 unspecified atom stereocenters. The maximum atomic E-state index is 13.4. The van der Waals surface area contributed by atoms with Gasteiger partial charge >= 0.3 is 0 Å². The van der Waals surface area contributed by atoms with E-state index in [2.05, 4.69) is 10.3 Å². The number of halogens is 1. The van der Waals surface area contributed by atoms with Gasteiger partial charge in [-0.25, -0.2) is 12.8 Å². The quantitative estimate of drug-likeness (QED) is 0.594. The first kappa shape index (κ1) is 23.1. The van der Waals surface area contributed by atoms with Gasteiger partial charge in [-0.15, -0.1) is 0 Å². The Kier molecular flexibility index (Phi) is 6.85. The Hall–Kier alpha value is -3.10. The Morgan fingerprint density at radius 2 is 1.79 bits per heavy atom. The van der Waals surface area contributed by atoms with Crippen molar-refractivity contribution in [2.75, 3.05) is 13.1 Å². The number of aryl methyl sites for hydroxylation is 1.